The second kappa shape index (κ2) is 13.6. The van der Waals surface area contributed by atoms with E-state index in [4.69, 9.17) is 21.1 Å². The van der Waals surface area contributed by atoms with E-state index in [-0.39, 0.29) is 16.5 Å². The molecule has 222 valence electrons. The molecule has 1 aliphatic heterocycles. The van der Waals surface area contributed by atoms with Gasteiger partial charge in [0.25, 0.3) is 5.78 Å². The van der Waals surface area contributed by atoms with Crippen molar-refractivity contribution in [1.29, 1.82) is 0 Å². The number of amides is 1. The molecule has 11 heteroatoms. The Morgan fingerprint density at radius 1 is 1.05 bits per heavy atom. The lowest BCUT2D eigenvalue weighted by molar-refractivity contribution is -0.132. The molecule has 1 atom stereocenters. The number of ether oxygens (including phenoxy) is 2. The number of benzene rings is 3. The first-order valence-electron chi connectivity index (χ1n) is 13.6. The third-order valence-corrected chi connectivity index (χ3v) is 9.20. The average Bonchev–Trinajstić information content (AvgIpc) is 3.58. The van der Waals surface area contributed by atoms with Gasteiger partial charge in [0.15, 0.2) is 15.8 Å². The average molecular weight is 636 g/mol. The van der Waals surface area contributed by atoms with Crippen molar-refractivity contribution in [1.82, 2.24) is 10.2 Å². The zero-order chi connectivity index (χ0) is 30.5. The van der Waals surface area contributed by atoms with Crippen molar-refractivity contribution in [3.05, 3.63) is 100 Å². The van der Waals surface area contributed by atoms with Gasteiger partial charge < -0.3 is 14.6 Å². The fourth-order valence-electron chi connectivity index (χ4n) is 4.56. The predicted octanol–water partition coefficient (Wildman–Crippen LogP) is 7.54. The van der Waals surface area contributed by atoms with Crippen LogP contribution in [-0.2, 0) is 15.3 Å². The number of Topliss-reactive ketones (excluding diaryl/α,β-unsaturated/α-hetero) is 1. The normalized spacial score (nSPS) is 16.2. The maximum absolute atomic E-state index is 13.6. The van der Waals surface area contributed by atoms with E-state index in [0.29, 0.717) is 50.3 Å². The first kappa shape index (κ1) is 30.6. The molecule has 5 rings (SSSR count). The van der Waals surface area contributed by atoms with E-state index in [1.807, 2.05) is 24.3 Å². The minimum atomic E-state index is -0.971. The summed E-state index contributed by atoms with van der Waals surface area (Å²) in [6, 6.07) is 20.5. The number of nitrogens with zero attached hydrogens (tertiary/aromatic N) is 3. The molecule has 3 aromatic carbocycles. The molecule has 0 spiro atoms. The van der Waals surface area contributed by atoms with Gasteiger partial charge in [-0.05, 0) is 47.7 Å². The number of hydrogen-bond donors (Lipinski definition) is 1. The van der Waals surface area contributed by atoms with Crippen LogP contribution in [-0.4, -0.2) is 40.7 Å². The molecule has 1 amide bonds. The summed E-state index contributed by atoms with van der Waals surface area (Å²) in [5, 5.41) is 20.8. The largest absolute Gasteiger partial charge is 0.507 e. The Hall–Kier alpha value is -3.86. The summed E-state index contributed by atoms with van der Waals surface area (Å²) in [4.78, 5) is 28.4. The maximum Gasteiger partial charge on any atom is 0.301 e. The Bertz CT molecular complexity index is 1640. The molecule has 1 N–H and O–H groups in total. The predicted molar refractivity (Wildman–Crippen MR) is 170 cm³/mol. The first-order valence-corrected chi connectivity index (χ1v) is 15.8. The van der Waals surface area contributed by atoms with E-state index in [0.717, 1.165) is 12.0 Å². The molecule has 0 bridgehead atoms. The van der Waals surface area contributed by atoms with E-state index >= 15 is 0 Å². The second-order valence-electron chi connectivity index (χ2n) is 10.2. The molecule has 0 aliphatic carbocycles. The third-order valence-electron chi connectivity index (χ3n) is 6.83. The highest BCUT2D eigenvalue weighted by atomic mass is 35.5. The molecule has 0 radical (unpaired) electrons. The molecule has 1 aliphatic rings. The molecule has 1 fully saturated rings. The lowest BCUT2D eigenvalue weighted by Gasteiger charge is -2.23. The minimum Gasteiger partial charge on any atom is -0.507 e. The van der Waals surface area contributed by atoms with Crippen LogP contribution in [0.25, 0.3) is 5.76 Å². The molecule has 0 saturated carbocycles. The highest BCUT2D eigenvalue weighted by molar-refractivity contribution is 8.00. The van der Waals surface area contributed by atoms with Crippen LogP contribution in [0.5, 0.6) is 11.5 Å². The van der Waals surface area contributed by atoms with Gasteiger partial charge in [-0.15, -0.1) is 10.2 Å². The van der Waals surface area contributed by atoms with Crippen LogP contribution < -0.4 is 14.4 Å². The summed E-state index contributed by atoms with van der Waals surface area (Å²) < 4.78 is 12.2. The van der Waals surface area contributed by atoms with Crippen molar-refractivity contribution in [3.63, 3.8) is 0 Å². The van der Waals surface area contributed by atoms with E-state index in [1.165, 1.54) is 35.1 Å². The molecule has 1 aromatic heterocycles. The third kappa shape index (κ3) is 6.87. The lowest BCUT2D eigenvalue weighted by Crippen LogP contribution is -2.29. The van der Waals surface area contributed by atoms with Crippen molar-refractivity contribution in [2.75, 3.05) is 18.6 Å². The molecule has 8 nitrogen and oxygen atoms in total. The van der Waals surface area contributed by atoms with E-state index in [2.05, 4.69) is 24.0 Å². The van der Waals surface area contributed by atoms with Gasteiger partial charge in [0.05, 0.1) is 25.3 Å². The van der Waals surface area contributed by atoms with Crippen molar-refractivity contribution < 1.29 is 24.2 Å². The number of carbonyl (C=O) groups is 2. The number of aromatic nitrogens is 2. The zero-order valence-corrected chi connectivity index (χ0v) is 26.2. The fraction of sp³-hybridized carbons (Fsp3) is 0.250. The molecule has 1 saturated heterocycles. The molecule has 43 heavy (non-hydrogen) atoms. The molecule has 4 aromatic rings. The van der Waals surface area contributed by atoms with Gasteiger partial charge in [0.2, 0.25) is 5.13 Å². The minimum absolute atomic E-state index is 0.0442. The number of ketones is 1. The molecular formula is C32H30ClN3O5S2. The molecular weight excluding hydrogens is 606 g/mol. The summed E-state index contributed by atoms with van der Waals surface area (Å²) >= 11 is 8.66. The molecule has 2 heterocycles. The highest BCUT2D eigenvalue weighted by Crippen LogP contribution is 2.45. The SMILES string of the molecule is COc1cc(C2/C(=C(/O)c3ccccc3)C(=O)C(=O)N2c2nnc(SCc3ccc(Cl)cc3)s2)ccc1OCCC(C)C. The monoisotopic (exact) mass is 635 g/mol. The number of halogens is 1. The summed E-state index contributed by atoms with van der Waals surface area (Å²) in [6.45, 7) is 4.75. The van der Waals surface area contributed by atoms with Crippen LogP contribution >= 0.6 is 34.7 Å². The van der Waals surface area contributed by atoms with E-state index in [9.17, 15) is 14.7 Å². The van der Waals surface area contributed by atoms with Crippen LogP contribution in [0.3, 0.4) is 0 Å². The van der Waals surface area contributed by atoms with Crippen LogP contribution in [0.2, 0.25) is 5.02 Å². The maximum atomic E-state index is 13.6. The van der Waals surface area contributed by atoms with E-state index < -0.39 is 17.7 Å². The van der Waals surface area contributed by atoms with Gasteiger partial charge in [-0.2, -0.15) is 0 Å². The van der Waals surface area contributed by atoms with Crippen molar-refractivity contribution in [2.24, 2.45) is 5.92 Å². The second-order valence-corrected chi connectivity index (χ2v) is 12.9. The Morgan fingerprint density at radius 2 is 1.79 bits per heavy atom. The van der Waals surface area contributed by atoms with Crippen molar-refractivity contribution in [3.8, 4) is 11.5 Å². The Balaban J connectivity index is 1.53. The number of carbonyl (C=O) groups excluding carboxylic acids is 2. The lowest BCUT2D eigenvalue weighted by atomic mass is 9.95. The van der Waals surface area contributed by atoms with Crippen LogP contribution in [0.1, 0.15) is 43.0 Å². The Kier molecular flexibility index (Phi) is 9.69. The number of anilines is 1. The standard InChI is InChI=1S/C32H30ClN3O5S2/c1-19(2)15-16-41-24-14-11-22(17-25(24)40-3)27-26(28(37)21-7-5-4-6-8-21)29(38)30(39)36(27)31-34-35-32(43-31)42-18-20-9-12-23(33)13-10-20/h4-14,17,19,27,37H,15-16,18H2,1-3H3/b28-26-. The highest BCUT2D eigenvalue weighted by Gasteiger charge is 2.48. The topological polar surface area (TPSA) is 102 Å². The number of rotatable bonds is 11. The van der Waals surface area contributed by atoms with Gasteiger partial charge in [-0.25, -0.2) is 0 Å². The Labute approximate surface area is 263 Å². The number of hydrogen-bond acceptors (Lipinski definition) is 9. The van der Waals surface area contributed by atoms with Gasteiger partial charge in [-0.1, -0.05) is 97.1 Å². The molecule has 1 unspecified atom stereocenters. The van der Waals surface area contributed by atoms with Crippen LogP contribution in [0.4, 0.5) is 5.13 Å². The van der Waals surface area contributed by atoms with Crippen molar-refractivity contribution in [2.45, 2.75) is 36.4 Å². The first-order chi connectivity index (χ1) is 20.8. The zero-order valence-electron chi connectivity index (χ0n) is 23.8. The number of thioether (sulfide) groups is 1. The number of aliphatic hydroxyl groups excluding tert-OH is 1. The smallest absolute Gasteiger partial charge is 0.301 e. The summed E-state index contributed by atoms with van der Waals surface area (Å²) in [6.07, 6.45) is 0.873. The number of aliphatic hydroxyl groups is 1. The van der Waals surface area contributed by atoms with Gasteiger partial charge >= 0.3 is 5.91 Å². The summed E-state index contributed by atoms with van der Waals surface area (Å²) in [7, 11) is 1.53. The van der Waals surface area contributed by atoms with Crippen LogP contribution in [0, 0.1) is 5.92 Å². The summed E-state index contributed by atoms with van der Waals surface area (Å²) in [5.41, 5.74) is 1.98. The van der Waals surface area contributed by atoms with Gasteiger partial charge in [0.1, 0.15) is 5.76 Å². The van der Waals surface area contributed by atoms with Gasteiger partial charge in [-0.3, -0.25) is 14.5 Å². The summed E-state index contributed by atoms with van der Waals surface area (Å²) in [5.74, 6) is 0.204. The van der Waals surface area contributed by atoms with Gasteiger partial charge in [0, 0.05) is 16.3 Å². The number of methoxy groups -OCH3 is 1. The van der Waals surface area contributed by atoms with Crippen LogP contribution in [0.15, 0.2) is 82.7 Å². The Morgan fingerprint density at radius 3 is 2.49 bits per heavy atom. The van der Waals surface area contributed by atoms with Crippen molar-refractivity contribution >= 4 is 57.3 Å². The quantitative estimate of drug-likeness (QED) is 0.0593. The fourth-order valence-corrected chi connectivity index (χ4v) is 6.51. The van der Waals surface area contributed by atoms with E-state index in [1.54, 1.807) is 48.5 Å².